The number of carbonyl (C=O) groups is 1. The number of ether oxygens (including phenoxy) is 1. The van der Waals surface area contributed by atoms with Gasteiger partial charge in [-0.1, -0.05) is 11.6 Å². The van der Waals surface area contributed by atoms with Gasteiger partial charge in [-0.3, -0.25) is 0 Å². The molecule has 31 heavy (non-hydrogen) atoms. The Bertz CT molecular complexity index is 877. The second kappa shape index (κ2) is 9.94. The number of sulfonamides is 1. The number of nitrogens with zero attached hydrogens (tertiary/aromatic N) is 2. The first-order valence-corrected chi connectivity index (χ1v) is 12.7. The van der Waals surface area contributed by atoms with Crippen LogP contribution in [0.15, 0.2) is 18.2 Å². The number of rotatable bonds is 5. The summed E-state index contributed by atoms with van der Waals surface area (Å²) in [7, 11) is -3.30. The number of benzene rings is 1. The van der Waals surface area contributed by atoms with E-state index in [0.29, 0.717) is 36.6 Å². The molecule has 0 saturated carbocycles. The first-order chi connectivity index (χ1) is 14.5. The van der Waals surface area contributed by atoms with Crippen molar-refractivity contribution in [2.75, 3.05) is 36.4 Å². The van der Waals surface area contributed by atoms with Gasteiger partial charge in [0.2, 0.25) is 10.0 Å². The highest BCUT2D eigenvalue weighted by molar-refractivity contribution is 7.90. The van der Waals surface area contributed by atoms with Crippen molar-refractivity contribution in [3.05, 3.63) is 23.2 Å². The van der Waals surface area contributed by atoms with Gasteiger partial charge in [-0.15, -0.1) is 0 Å². The smallest absolute Gasteiger partial charge is 0.321 e. The van der Waals surface area contributed by atoms with Gasteiger partial charge < -0.3 is 19.9 Å². The van der Waals surface area contributed by atoms with Crippen molar-refractivity contribution in [3.63, 3.8) is 0 Å². The minimum atomic E-state index is -3.30. The van der Waals surface area contributed by atoms with Gasteiger partial charge in [0.25, 0.3) is 0 Å². The number of halogens is 1. The number of anilines is 2. The van der Waals surface area contributed by atoms with Gasteiger partial charge in [-0.05, 0) is 58.7 Å². The Labute approximate surface area is 190 Å². The molecule has 0 aliphatic carbocycles. The van der Waals surface area contributed by atoms with Crippen LogP contribution in [-0.4, -0.2) is 69.0 Å². The van der Waals surface area contributed by atoms with E-state index in [4.69, 9.17) is 16.3 Å². The van der Waals surface area contributed by atoms with Crippen molar-refractivity contribution < 1.29 is 17.9 Å². The van der Waals surface area contributed by atoms with E-state index in [1.165, 1.54) is 0 Å². The van der Waals surface area contributed by atoms with E-state index in [1.807, 2.05) is 26.0 Å². The quantitative estimate of drug-likeness (QED) is 0.686. The second-order valence-corrected chi connectivity index (χ2v) is 11.4. The first-order valence-electron chi connectivity index (χ1n) is 10.8. The molecule has 10 heteroatoms. The predicted molar refractivity (Wildman–Crippen MR) is 124 cm³/mol. The van der Waals surface area contributed by atoms with Crippen molar-refractivity contribution in [2.45, 2.75) is 64.0 Å². The summed E-state index contributed by atoms with van der Waals surface area (Å²) in [4.78, 5) is 16.6. The maximum Gasteiger partial charge on any atom is 0.321 e. The molecule has 8 nitrogen and oxygen atoms in total. The average Bonchev–Trinajstić information content (AvgIpc) is 2.67. The van der Waals surface area contributed by atoms with Crippen molar-refractivity contribution in [1.29, 1.82) is 0 Å². The molecular formula is C21H33ClN4O4S. The summed E-state index contributed by atoms with van der Waals surface area (Å²) in [6, 6.07) is 5.21. The van der Waals surface area contributed by atoms with Gasteiger partial charge >= 0.3 is 6.03 Å². The van der Waals surface area contributed by atoms with E-state index in [9.17, 15) is 13.2 Å². The van der Waals surface area contributed by atoms with E-state index < -0.39 is 15.3 Å². The molecule has 1 aromatic rings. The molecule has 2 saturated heterocycles. The highest BCUT2D eigenvalue weighted by atomic mass is 35.5. The second-order valence-electron chi connectivity index (χ2n) is 8.73. The van der Waals surface area contributed by atoms with Crippen LogP contribution in [-0.2, 0) is 14.8 Å². The molecule has 1 aromatic carbocycles. The van der Waals surface area contributed by atoms with E-state index in [1.54, 1.807) is 24.8 Å². The average molecular weight is 473 g/mol. The molecule has 0 bridgehead atoms. The normalized spacial score (nSPS) is 23.3. The third-order valence-electron chi connectivity index (χ3n) is 5.69. The maximum atomic E-state index is 12.7. The number of hydrogen-bond acceptors (Lipinski definition) is 5. The molecule has 0 unspecified atom stereocenters. The van der Waals surface area contributed by atoms with Gasteiger partial charge in [0.05, 0.1) is 28.2 Å². The zero-order chi connectivity index (χ0) is 22.8. The Morgan fingerprint density at radius 3 is 2.32 bits per heavy atom. The maximum absolute atomic E-state index is 12.7. The molecule has 0 aromatic heterocycles. The monoisotopic (exact) mass is 472 g/mol. The van der Waals surface area contributed by atoms with E-state index in [-0.39, 0.29) is 24.3 Å². The van der Waals surface area contributed by atoms with Gasteiger partial charge in [0.15, 0.2) is 0 Å². The number of urea groups is 1. The number of nitrogens with one attached hydrogen (secondary N) is 2. The lowest BCUT2D eigenvalue weighted by Crippen LogP contribution is -2.48. The Morgan fingerprint density at radius 1 is 1.16 bits per heavy atom. The molecule has 2 heterocycles. The summed E-state index contributed by atoms with van der Waals surface area (Å²) in [6.45, 7) is 9.92. The largest absolute Gasteiger partial charge is 0.372 e. The Morgan fingerprint density at radius 2 is 1.77 bits per heavy atom. The number of carbonyl (C=O) groups excluding carboxylic acids is 1. The summed E-state index contributed by atoms with van der Waals surface area (Å²) < 4.78 is 32.6. The Hall–Kier alpha value is -1.55. The number of morpholine rings is 1. The predicted octanol–water partition coefficient (Wildman–Crippen LogP) is 3.28. The van der Waals surface area contributed by atoms with Crippen LogP contribution < -0.4 is 14.9 Å². The summed E-state index contributed by atoms with van der Waals surface area (Å²) in [5.74, 6) is 0. The molecule has 2 aliphatic heterocycles. The molecule has 2 aliphatic rings. The van der Waals surface area contributed by atoms with Crippen LogP contribution in [0.5, 0.6) is 0 Å². The van der Waals surface area contributed by atoms with Gasteiger partial charge in [0, 0.05) is 37.9 Å². The van der Waals surface area contributed by atoms with Gasteiger partial charge in [0.1, 0.15) is 0 Å². The number of likely N-dealkylation sites (tertiary alicyclic amines) is 1. The first kappa shape index (κ1) is 24.1. The minimum absolute atomic E-state index is 0.132. The number of piperidine rings is 1. The fraction of sp³-hybridized carbons (Fsp3) is 0.667. The zero-order valence-electron chi connectivity index (χ0n) is 18.6. The van der Waals surface area contributed by atoms with Crippen molar-refractivity contribution in [1.82, 2.24) is 9.62 Å². The van der Waals surface area contributed by atoms with Crippen LogP contribution in [0.4, 0.5) is 16.2 Å². The lowest BCUT2D eigenvalue weighted by molar-refractivity contribution is -0.00520. The number of amides is 2. The van der Waals surface area contributed by atoms with Crippen LogP contribution in [0.3, 0.4) is 0 Å². The summed E-state index contributed by atoms with van der Waals surface area (Å²) >= 11 is 6.52. The topological polar surface area (TPSA) is 91.0 Å². The molecule has 0 radical (unpaired) electrons. The molecular weight excluding hydrogens is 440 g/mol. The van der Waals surface area contributed by atoms with Crippen LogP contribution in [0, 0.1) is 0 Å². The number of hydrogen-bond donors (Lipinski definition) is 2. The third kappa shape index (κ3) is 6.25. The zero-order valence-corrected chi connectivity index (χ0v) is 20.2. The minimum Gasteiger partial charge on any atom is -0.372 e. The fourth-order valence-corrected chi connectivity index (χ4v) is 5.26. The van der Waals surface area contributed by atoms with Crippen LogP contribution in [0.1, 0.15) is 40.5 Å². The van der Waals surface area contributed by atoms with Gasteiger partial charge in [-0.25, -0.2) is 17.9 Å². The fourth-order valence-electron chi connectivity index (χ4n) is 3.99. The Kier molecular flexibility index (Phi) is 7.72. The van der Waals surface area contributed by atoms with E-state index >= 15 is 0 Å². The van der Waals surface area contributed by atoms with Crippen LogP contribution in [0.2, 0.25) is 5.02 Å². The van der Waals surface area contributed by atoms with Crippen molar-refractivity contribution in [3.8, 4) is 0 Å². The van der Waals surface area contributed by atoms with Crippen molar-refractivity contribution >= 4 is 39.0 Å². The summed E-state index contributed by atoms with van der Waals surface area (Å²) in [5.41, 5.74) is 1.57. The lowest BCUT2D eigenvalue weighted by atomic mass is 10.1. The highest BCUT2D eigenvalue weighted by Crippen LogP contribution is 2.31. The SMILES string of the molecule is CC(C)S(=O)(=O)NC1CCN(C(=O)Nc2ccc(N3C[C@@H](C)O[C@@H](C)C3)c(Cl)c2)CC1. The molecule has 0 spiro atoms. The standard InChI is InChI=1S/C21H33ClN4O4S/c1-14(2)31(28,29)24-17-7-9-25(10-8-17)21(27)23-18-5-6-20(19(22)11-18)26-12-15(3)30-16(4)13-26/h5-6,11,14-17,24H,7-10,12-13H2,1-4H3,(H,23,27)/t15-,16+. The van der Waals surface area contributed by atoms with E-state index in [0.717, 1.165) is 18.8 Å². The summed E-state index contributed by atoms with van der Waals surface area (Å²) in [6.07, 6.45) is 1.44. The lowest BCUT2D eigenvalue weighted by Gasteiger charge is -2.37. The molecule has 2 amide bonds. The van der Waals surface area contributed by atoms with Crippen molar-refractivity contribution in [2.24, 2.45) is 0 Å². The molecule has 174 valence electrons. The molecule has 3 rings (SSSR count). The van der Waals surface area contributed by atoms with Gasteiger partial charge in [-0.2, -0.15) is 0 Å². The molecule has 2 N–H and O–H groups in total. The molecule has 2 fully saturated rings. The highest BCUT2D eigenvalue weighted by Gasteiger charge is 2.28. The summed E-state index contributed by atoms with van der Waals surface area (Å²) in [5, 5.41) is 3.02. The van der Waals surface area contributed by atoms with E-state index in [2.05, 4.69) is 14.9 Å². The third-order valence-corrected chi connectivity index (χ3v) is 7.90. The Balaban J connectivity index is 1.55. The van der Waals surface area contributed by atoms with Crippen LogP contribution in [0.25, 0.3) is 0 Å². The molecule has 2 atom stereocenters. The van der Waals surface area contributed by atoms with Crippen LogP contribution >= 0.6 is 11.6 Å².